The first-order valence-corrected chi connectivity index (χ1v) is 8.14. The van der Waals surface area contributed by atoms with E-state index in [2.05, 4.69) is 5.10 Å². The number of amides is 3. The Kier molecular flexibility index (Phi) is 5.12. The predicted molar refractivity (Wildman–Crippen MR) is 71.7 cm³/mol. The summed E-state index contributed by atoms with van der Waals surface area (Å²) < 4.78 is 24.4. The van der Waals surface area contributed by atoms with Crippen LogP contribution in [0.1, 0.15) is 25.2 Å². The second-order valence-corrected chi connectivity index (χ2v) is 6.44. The number of halogens is 1. The molecule has 112 valence electrons. The van der Waals surface area contributed by atoms with Crippen molar-refractivity contribution in [3.05, 3.63) is 11.4 Å². The lowest BCUT2D eigenvalue weighted by molar-refractivity contribution is -0.120. The van der Waals surface area contributed by atoms with Crippen LogP contribution in [0.15, 0.2) is 4.90 Å². The van der Waals surface area contributed by atoms with E-state index in [-0.39, 0.29) is 17.1 Å². The Labute approximate surface area is 120 Å². The molecule has 10 heteroatoms. The minimum atomic E-state index is -3.96. The van der Waals surface area contributed by atoms with E-state index >= 15 is 0 Å². The van der Waals surface area contributed by atoms with Crippen LogP contribution in [0.25, 0.3) is 0 Å². The van der Waals surface area contributed by atoms with Crippen LogP contribution < -0.4 is 11.1 Å². The Bertz CT molecular complexity index is 638. The minimum absolute atomic E-state index is 0.0731. The summed E-state index contributed by atoms with van der Waals surface area (Å²) in [6, 6.07) is -0.985. The number of nitrogens with one attached hydrogen (secondary N) is 1. The van der Waals surface area contributed by atoms with Gasteiger partial charge in [-0.3, -0.25) is 14.8 Å². The number of imide groups is 1. The first-order chi connectivity index (χ1) is 9.20. The lowest BCUT2D eigenvalue weighted by Gasteiger charge is -2.06. The number of hydrogen-bond acceptors (Lipinski definition) is 5. The molecule has 1 rings (SSSR count). The first kappa shape index (κ1) is 16.4. The van der Waals surface area contributed by atoms with Crippen molar-refractivity contribution in [1.29, 1.82) is 0 Å². The molecule has 0 atom stereocenters. The number of hydrogen-bond donors (Lipinski definition) is 2. The summed E-state index contributed by atoms with van der Waals surface area (Å²) >= 11 is 0. The molecule has 0 aromatic carbocycles. The van der Waals surface area contributed by atoms with Gasteiger partial charge in [-0.15, -0.1) is 0 Å². The third kappa shape index (κ3) is 3.70. The van der Waals surface area contributed by atoms with Crippen molar-refractivity contribution in [2.45, 2.75) is 38.1 Å². The van der Waals surface area contributed by atoms with E-state index in [1.165, 1.54) is 4.68 Å². The zero-order valence-electron chi connectivity index (χ0n) is 11.0. The Balaban J connectivity index is 3.25. The molecule has 3 N–H and O–H groups in total. The normalized spacial score (nSPS) is 11.3. The molecule has 0 spiro atoms. The fourth-order valence-electron chi connectivity index (χ4n) is 1.83. The third-order valence-electron chi connectivity index (χ3n) is 2.55. The molecule has 1 aromatic heterocycles. The van der Waals surface area contributed by atoms with E-state index in [0.29, 0.717) is 18.5 Å². The van der Waals surface area contributed by atoms with Gasteiger partial charge in [0.15, 0.2) is 0 Å². The molecule has 0 aliphatic carbocycles. The van der Waals surface area contributed by atoms with Crippen LogP contribution in [0.3, 0.4) is 0 Å². The molecule has 0 aliphatic rings. The zero-order valence-corrected chi connectivity index (χ0v) is 12.6. The largest absolute Gasteiger partial charge is 0.351 e. The highest BCUT2D eigenvalue weighted by Crippen LogP contribution is 2.25. The molecule has 0 fully saturated rings. The van der Waals surface area contributed by atoms with Crippen LogP contribution in [-0.2, 0) is 33.2 Å². The molecule has 1 aromatic rings. The molecule has 20 heavy (non-hydrogen) atoms. The molecule has 0 unspecified atom stereocenters. The molecular weight excluding hydrogens is 308 g/mol. The van der Waals surface area contributed by atoms with E-state index in [1.54, 1.807) is 13.8 Å². The number of rotatable bonds is 5. The van der Waals surface area contributed by atoms with Crippen molar-refractivity contribution in [1.82, 2.24) is 15.1 Å². The monoisotopic (exact) mass is 322 g/mol. The molecule has 0 bridgehead atoms. The van der Waals surface area contributed by atoms with Crippen molar-refractivity contribution in [2.75, 3.05) is 0 Å². The molecule has 8 nitrogen and oxygen atoms in total. The highest BCUT2D eigenvalue weighted by atomic mass is 35.7. The van der Waals surface area contributed by atoms with Crippen LogP contribution in [-0.4, -0.2) is 30.1 Å². The average Bonchev–Trinajstić information content (AvgIpc) is 2.65. The topological polar surface area (TPSA) is 124 Å². The highest BCUT2D eigenvalue weighted by Gasteiger charge is 2.26. The fraction of sp³-hybridized carbons (Fsp3) is 0.500. The number of carbonyl (C=O) groups is 2. The predicted octanol–water partition coefficient (Wildman–Crippen LogP) is 0.130. The van der Waals surface area contributed by atoms with Gasteiger partial charge in [-0.25, -0.2) is 13.2 Å². The van der Waals surface area contributed by atoms with Crippen LogP contribution in [0.2, 0.25) is 0 Å². The molecule has 0 saturated carbocycles. The number of nitrogens with two attached hydrogens (primary N) is 1. The molecule has 0 aliphatic heterocycles. The summed E-state index contributed by atoms with van der Waals surface area (Å²) in [5.74, 6) is -0.684. The van der Waals surface area contributed by atoms with Crippen molar-refractivity contribution < 1.29 is 18.0 Å². The van der Waals surface area contributed by atoms with Gasteiger partial charge in [-0.2, -0.15) is 5.10 Å². The maximum Gasteiger partial charge on any atom is 0.318 e. The molecule has 1 heterocycles. The van der Waals surface area contributed by atoms with Crippen molar-refractivity contribution in [3.63, 3.8) is 0 Å². The van der Waals surface area contributed by atoms with E-state index in [9.17, 15) is 18.0 Å². The van der Waals surface area contributed by atoms with E-state index in [1.807, 2.05) is 5.32 Å². The van der Waals surface area contributed by atoms with Crippen LogP contribution in [0.5, 0.6) is 0 Å². The Morgan fingerprint density at radius 1 is 1.35 bits per heavy atom. The third-order valence-corrected chi connectivity index (χ3v) is 3.97. The standard InChI is InChI=1S/C10H15ClN4O4S/c1-3-6-9(20(11,18)19)7(4-2)15(14-6)5-8(16)13-10(12)17/h3-5H2,1-2H3,(H3,12,13,16,17). The van der Waals surface area contributed by atoms with Gasteiger partial charge in [-0.05, 0) is 12.8 Å². The molecular formula is C10H15ClN4O4S. The van der Waals surface area contributed by atoms with Gasteiger partial charge in [0, 0.05) is 10.7 Å². The quantitative estimate of drug-likeness (QED) is 0.745. The van der Waals surface area contributed by atoms with E-state index in [0.717, 1.165) is 0 Å². The number of aryl methyl sites for hydroxylation is 1. The van der Waals surface area contributed by atoms with Crippen LogP contribution in [0, 0.1) is 0 Å². The molecule has 0 saturated heterocycles. The molecule has 0 radical (unpaired) electrons. The summed E-state index contributed by atoms with van der Waals surface area (Å²) in [5, 5.41) is 5.94. The SMILES string of the molecule is CCc1nn(CC(=O)NC(N)=O)c(CC)c1S(=O)(=O)Cl. The lowest BCUT2D eigenvalue weighted by Crippen LogP contribution is -2.37. The Hall–Kier alpha value is -1.61. The highest BCUT2D eigenvalue weighted by molar-refractivity contribution is 8.13. The summed E-state index contributed by atoms with van der Waals surface area (Å²) in [5.41, 5.74) is 5.43. The van der Waals surface area contributed by atoms with Crippen LogP contribution >= 0.6 is 10.7 Å². The Morgan fingerprint density at radius 3 is 2.35 bits per heavy atom. The summed E-state index contributed by atoms with van der Waals surface area (Å²) in [6.45, 7) is 3.12. The summed E-state index contributed by atoms with van der Waals surface area (Å²) in [4.78, 5) is 22.0. The second-order valence-electron chi connectivity index (χ2n) is 3.94. The second kappa shape index (κ2) is 6.23. The lowest BCUT2D eigenvalue weighted by atomic mass is 10.2. The number of aromatic nitrogens is 2. The van der Waals surface area contributed by atoms with Gasteiger partial charge in [0.2, 0.25) is 5.91 Å². The minimum Gasteiger partial charge on any atom is -0.351 e. The zero-order chi connectivity index (χ0) is 15.5. The average molecular weight is 323 g/mol. The van der Waals surface area contributed by atoms with Gasteiger partial charge in [0.25, 0.3) is 9.05 Å². The van der Waals surface area contributed by atoms with Crippen molar-refractivity contribution in [2.24, 2.45) is 5.73 Å². The van der Waals surface area contributed by atoms with Crippen molar-refractivity contribution in [3.8, 4) is 0 Å². The van der Waals surface area contributed by atoms with Gasteiger partial charge in [0.05, 0.1) is 11.4 Å². The van der Waals surface area contributed by atoms with Gasteiger partial charge < -0.3 is 5.73 Å². The fourth-order valence-corrected chi connectivity index (χ4v) is 3.37. The van der Waals surface area contributed by atoms with Gasteiger partial charge in [0.1, 0.15) is 11.4 Å². The van der Waals surface area contributed by atoms with Gasteiger partial charge >= 0.3 is 6.03 Å². The number of urea groups is 1. The molecule has 3 amide bonds. The smallest absolute Gasteiger partial charge is 0.318 e. The first-order valence-electron chi connectivity index (χ1n) is 5.83. The number of nitrogens with zero attached hydrogens (tertiary/aromatic N) is 2. The maximum atomic E-state index is 11.6. The maximum absolute atomic E-state index is 11.6. The Morgan fingerprint density at radius 2 is 1.95 bits per heavy atom. The van der Waals surface area contributed by atoms with E-state index in [4.69, 9.17) is 16.4 Å². The van der Waals surface area contributed by atoms with Gasteiger partial charge in [-0.1, -0.05) is 13.8 Å². The summed E-state index contributed by atoms with van der Waals surface area (Å²) in [7, 11) is 1.44. The van der Waals surface area contributed by atoms with Crippen molar-refractivity contribution >= 4 is 31.7 Å². The summed E-state index contributed by atoms with van der Waals surface area (Å²) in [6.07, 6.45) is 0.664. The number of primary amides is 1. The van der Waals surface area contributed by atoms with Crippen LogP contribution in [0.4, 0.5) is 4.79 Å². The van der Waals surface area contributed by atoms with E-state index < -0.39 is 21.0 Å². The number of carbonyl (C=O) groups excluding carboxylic acids is 2.